The third-order valence-corrected chi connectivity index (χ3v) is 3.42. The molecule has 5 nitrogen and oxygen atoms in total. The molecule has 0 heterocycles. The molecule has 5 heteroatoms. The first-order valence-electron chi connectivity index (χ1n) is 7.46. The summed E-state index contributed by atoms with van der Waals surface area (Å²) in [6.45, 7) is 5.83. The minimum Gasteiger partial charge on any atom is -0.354 e. The van der Waals surface area contributed by atoms with Gasteiger partial charge in [0.15, 0.2) is 0 Å². The van der Waals surface area contributed by atoms with Gasteiger partial charge in [0.1, 0.15) is 6.04 Å². The van der Waals surface area contributed by atoms with Crippen molar-refractivity contribution in [3.05, 3.63) is 35.9 Å². The first kappa shape index (κ1) is 17.2. The monoisotopic (exact) mass is 291 g/mol. The number of hydrogen-bond acceptors (Lipinski definition) is 3. The van der Waals surface area contributed by atoms with Gasteiger partial charge in [0, 0.05) is 26.1 Å². The second-order valence-electron chi connectivity index (χ2n) is 4.85. The molecule has 1 unspecified atom stereocenters. The van der Waals surface area contributed by atoms with E-state index >= 15 is 0 Å². The van der Waals surface area contributed by atoms with Gasteiger partial charge in [-0.25, -0.2) is 0 Å². The summed E-state index contributed by atoms with van der Waals surface area (Å²) < 4.78 is 0. The van der Waals surface area contributed by atoms with Gasteiger partial charge >= 0.3 is 0 Å². The van der Waals surface area contributed by atoms with Gasteiger partial charge in [0.05, 0.1) is 0 Å². The predicted molar refractivity (Wildman–Crippen MR) is 83.5 cm³/mol. The molecule has 116 valence electrons. The standard InChI is InChI=1S/C16H25N3O2/c1-3-19(4-2)14(20)11-8-12-18-16(21)15(17)13-9-6-5-7-10-13/h5-7,9-10,15H,3-4,8,11-12,17H2,1-2H3,(H,18,21). The fourth-order valence-corrected chi connectivity index (χ4v) is 2.11. The van der Waals surface area contributed by atoms with E-state index in [0.717, 1.165) is 18.7 Å². The van der Waals surface area contributed by atoms with Crippen molar-refractivity contribution >= 4 is 11.8 Å². The molecule has 0 saturated carbocycles. The number of rotatable bonds is 8. The molecular weight excluding hydrogens is 266 g/mol. The highest BCUT2D eigenvalue weighted by Crippen LogP contribution is 2.09. The molecule has 0 bridgehead atoms. The summed E-state index contributed by atoms with van der Waals surface area (Å²) in [6, 6.07) is 8.58. The molecule has 3 N–H and O–H groups in total. The molecule has 1 atom stereocenters. The molecule has 21 heavy (non-hydrogen) atoms. The molecule has 0 saturated heterocycles. The molecule has 1 aromatic rings. The maximum Gasteiger partial charge on any atom is 0.241 e. The zero-order valence-electron chi connectivity index (χ0n) is 12.8. The second kappa shape index (κ2) is 9.13. The molecule has 0 aliphatic heterocycles. The highest BCUT2D eigenvalue weighted by atomic mass is 16.2. The van der Waals surface area contributed by atoms with Crippen LogP contribution in [0.25, 0.3) is 0 Å². The number of benzene rings is 1. The SMILES string of the molecule is CCN(CC)C(=O)CCCNC(=O)C(N)c1ccccc1. The summed E-state index contributed by atoms with van der Waals surface area (Å²) >= 11 is 0. The minimum absolute atomic E-state index is 0.126. The van der Waals surface area contributed by atoms with Crippen molar-refractivity contribution < 1.29 is 9.59 Å². The quantitative estimate of drug-likeness (QED) is 0.712. The summed E-state index contributed by atoms with van der Waals surface area (Å²) in [5.41, 5.74) is 6.67. The van der Waals surface area contributed by atoms with E-state index in [9.17, 15) is 9.59 Å². The van der Waals surface area contributed by atoms with Crippen LogP contribution in [0.3, 0.4) is 0 Å². The fraction of sp³-hybridized carbons (Fsp3) is 0.500. The highest BCUT2D eigenvalue weighted by molar-refractivity contribution is 5.83. The van der Waals surface area contributed by atoms with Gasteiger partial charge in [-0.2, -0.15) is 0 Å². The fourth-order valence-electron chi connectivity index (χ4n) is 2.11. The summed E-state index contributed by atoms with van der Waals surface area (Å²) in [5.74, 6) is -0.0851. The van der Waals surface area contributed by atoms with Crippen LogP contribution in [0.5, 0.6) is 0 Å². The summed E-state index contributed by atoms with van der Waals surface area (Å²) in [5, 5.41) is 2.78. The van der Waals surface area contributed by atoms with Crippen LogP contribution in [0.2, 0.25) is 0 Å². The van der Waals surface area contributed by atoms with Gasteiger partial charge < -0.3 is 16.0 Å². The van der Waals surface area contributed by atoms with Gasteiger partial charge in [-0.3, -0.25) is 9.59 Å². The van der Waals surface area contributed by atoms with Crippen molar-refractivity contribution in [3.63, 3.8) is 0 Å². The second-order valence-corrected chi connectivity index (χ2v) is 4.85. The lowest BCUT2D eigenvalue weighted by molar-refractivity contribution is -0.131. The van der Waals surface area contributed by atoms with Crippen molar-refractivity contribution in [2.75, 3.05) is 19.6 Å². The lowest BCUT2D eigenvalue weighted by Gasteiger charge is -2.18. The van der Waals surface area contributed by atoms with Crippen LogP contribution in [0.4, 0.5) is 0 Å². The highest BCUT2D eigenvalue weighted by Gasteiger charge is 2.15. The molecule has 1 rings (SSSR count). The number of nitrogens with two attached hydrogens (primary N) is 1. The van der Waals surface area contributed by atoms with Crippen molar-refractivity contribution in [1.29, 1.82) is 0 Å². The Bertz CT molecular complexity index is 444. The van der Waals surface area contributed by atoms with Gasteiger partial charge in [-0.05, 0) is 25.8 Å². The van der Waals surface area contributed by atoms with E-state index in [1.807, 2.05) is 44.2 Å². The number of carbonyl (C=O) groups excluding carboxylic acids is 2. The number of nitrogens with zero attached hydrogens (tertiary/aromatic N) is 1. The van der Waals surface area contributed by atoms with Gasteiger partial charge in [-0.1, -0.05) is 30.3 Å². The lowest BCUT2D eigenvalue weighted by atomic mass is 10.1. The third kappa shape index (κ3) is 5.55. The van der Waals surface area contributed by atoms with Crippen molar-refractivity contribution in [2.24, 2.45) is 5.73 Å². The third-order valence-electron chi connectivity index (χ3n) is 3.42. The van der Waals surface area contributed by atoms with Crippen molar-refractivity contribution in [2.45, 2.75) is 32.7 Å². The van der Waals surface area contributed by atoms with Crippen molar-refractivity contribution in [3.8, 4) is 0 Å². The van der Waals surface area contributed by atoms with Crippen LogP contribution in [-0.4, -0.2) is 36.3 Å². The van der Waals surface area contributed by atoms with E-state index in [1.54, 1.807) is 4.90 Å². The Hall–Kier alpha value is -1.88. The normalized spacial score (nSPS) is 11.8. The van der Waals surface area contributed by atoms with Gasteiger partial charge in [-0.15, -0.1) is 0 Å². The molecule has 0 aromatic heterocycles. The average Bonchev–Trinajstić information content (AvgIpc) is 2.52. The molecule has 2 amide bonds. The van der Waals surface area contributed by atoms with Gasteiger partial charge in [0.2, 0.25) is 11.8 Å². The smallest absolute Gasteiger partial charge is 0.241 e. The largest absolute Gasteiger partial charge is 0.354 e. The minimum atomic E-state index is -0.662. The molecule has 1 aromatic carbocycles. The molecule has 0 fully saturated rings. The molecule has 0 aliphatic carbocycles. The van der Waals surface area contributed by atoms with Crippen LogP contribution in [-0.2, 0) is 9.59 Å². The number of amides is 2. The summed E-state index contributed by atoms with van der Waals surface area (Å²) in [6.07, 6.45) is 1.07. The number of carbonyl (C=O) groups is 2. The van der Waals surface area contributed by atoms with Crippen LogP contribution in [0.15, 0.2) is 30.3 Å². The van der Waals surface area contributed by atoms with E-state index in [0.29, 0.717) is 19.4 Å². The Morgan fingerprint density at radius 2 is 1.81 bits per heavy atom. The lowest BCUT2D eigenvalue weighted by Crippen LogP contribution is -2.35. The van der Waals surface area contributed by atoms with Crippen LogP contribution in [0, 0.1) is 0 Å². The topological polar surface area (TPSA) is 75.4 Å². The molecule has 0 radical (unpaired) electrons. The first-order chi connectivity index (χ1) is 10.1. The Morgan fingerprint density at radius 3 is 2.38 bits per heavy atom. The Balaban J connectivity index is 2.29. The Labute approximate surface area is 126 Å². The van der Waals surface area contributed by atoms with E-state index in [-0.39, 0.29) is 11.8 Å². The van der Waals surface area contributed by atoms with Crippen molar-refractivity contribution in [1.82, 2.24) is 10.2 Å². The van der Waals surface area contributed by atoms with Crippen LogP contribution >= 0.6 is 0 Å². The average molecular weight is 291 g/mol. The number of hydrogen-bond donors (Lipinski definition) is 2. The Morgan fingerprint density at radius 1 is 1.19 bits per heavy atom. The van der Waals surface area contributed by atoms with E-state index in [1.165, 1.54) is 0 Å². The van der Waals surface area contributed by atoms with Crippen LogP contribution < -0.4 is 11.1 Å². The zero-order valence-corrected chi connectivity index (χ0v) is 12.8. The summed E-state index contributed by atoms with van der Waals surface area (Å²) in [7, 11) is 0. The maximum atomic E-state index is 11.9. The Kier molecular flexibility index (Phi) is 7.46. The molecule has 0 spiro atoms. The zero-order chi connectivity index (χ0) is 15.7. The maximum absolute atomic E-state index is 11.9. The number of nitrogens with one attached hydrogen (secondary N) is 1. The van der Waals surface area contributed by atoms with E-state index in [4.69, 9.17) is 5.73 Å². The summed E-state index contributed by atoms with van der Waals surface area (Å²) in [4.78, 5) is 25.5. The van der Waals surface area contributed by atoms with Crippen LogP contribution in [0.1, 0.15) is 38.3 Å². The van der Waals surface area contributed by atoms with E-state index in [2.05, 4.69) is 5.32 Å². The van der Waals surface area contributed by atoms with Gasteiger partial charge in [0.25, 0.3) is 0 Å². The van der Waals surface area contributed by atoms with E-state index < -0.39 is 6.04 Å². The predicted octanol–water partition coefficient (Wildman–Crippen LogP) is 1.45. The molecular formula is C16H25N3O2. The first-order valence-corrected chi connectivity index (χ1v) is 7.46. The molecule has 0 aliphatic rings.